The zero-order valence-corrected chi connectivity index (χ0v) is 9.64. The van der Waals surface area contributed by atoms with Crippen LogP contribution in [0.5, 0.6) is 0 Å². The lowest BCUT2D eigenvalue weighted by Gasteiger charge is -1.92. The highest BCUT2D eigenvalue weighted by Gasteiger charge is 1.99. The van der Waals surface area contributed by atoms with Crippen LogP contribution in [0, 0.1) is 6.92 Å². The molecule has 1 nitrogen and oxygen atoms in total. The normalized spacial score (nSPS) is 9.07. The van der Waals surface area contributed by atoms with E-state index < -0.39 is 0 Å². The minimum Gasteiger partial charge on any atom is -0.244 e. The van der Waals surface area contributed by atoms with Crippen molar-refractivity contribution in [1.29, 1.82) is 0 Å². The Kier molecular flexibility index (Phi) is 4.33. The molecule has 1 heterocycles. The SMILES string of the molecule is CC.Cc1cnc(-c2ccccc2)s1. The number of thiazole rings is 1. The molecule has 14 heavy (non-hydrogen) atoms. The van der Waals surface area contributed by atoms with Crippen molar-refractivity contribution in [3.05, 3.63) is 41.4 Å². The van der Waals surface area contributed by atoms with Gasteiger partial charge < -0.3 is 0 Å². The largest absolute Gasteiger partial charge is 0.244 e. The quantitative estimate of drug-likeness (QED) is 0.681. The lowest BCUT2D eigenvalue weighted by atomic mass is 10.2. The molecule has 0 atom stereocenters. The minimum atomic E-state index is 1.10. The summed E-state index contributed by atoms with van der Waals surface area (Å²) < 4.78 is 0. The fourth-order valence-electron chi connectivity index (χ4n) is 1.07. The molecule has 0 spiro atoms. The molecule has 2 heteroatoms. The van der Waals surface area contributed by atoms with Crippen LogP contribution in [0.15, 0.2) is 36.5 Å². The second-order valence-corrected chi connectivity index (χ2v) is 3.88. The molecule has 0 amide bonds. The summed E-state index contributed by atoms with van der Waals surface area (Å²) in [5.41, 5.74) is 1.20. The first-order valence-electron chi connectivity index (χ1n) is 4.84. The maximum atomic E-state index is 4.30. The molecule has 0 radical (unpaired) electrons. The van der Waals surface area contributed by atoms with E-state index in [1.165, 1.54) is 10.4 Å². The number of benzene rings is 1. The van der Waals surface area contributed by atoms with Crippen molar-refractivity contribution in [2.24, 2.45) is 0 Å². The zero-order valence-electron chi connectivity index (χ0n) is 8.82. The van der Waals surface area contributed by atoms with Gasteiger partial charge in [-0.15, -0.1) is 11.3 Å². The summed E-state index contributed by atoms with van der Waals surface area (Å²) >= 11 is 1.73. The fourth-order valence-corrected chi connectivity index (χ4v) is 1.84. The maximum absolute atomic E-state index is 4.30. The van der Waals surface area contributed by atoms with Crippen molar-refractivity contribution in [2.75, 3.05) is 0 Å². The Balaban J connectivity index is 0.000000461. The van der Waals surface area contributed by atoms with Gasteiger partial charge in [-0.3, -0.25) is 0 Å². The van der Waals surface area contributed by atoms with E-state index >= 15 is 0 Å². The first-order valence-corrected chi connectivity index (χ1v) is 5.66. The molecular formula is C12H15NS. The molecule has 1 aromatic carbocycles. The molecule has 2 rings (SSSR count). The topological polar surface area (TPSA) is 12.9 Å². The average Bonchev–Trinajstić information content (AvgIpc) is 2.69. The van der Waals surface area contributed by atoms with Crippen molar-refractivity contribution in [1.82, 2.24) is 4.98 Å². The van der Waals surface area contributed by atoms with Crippen molar-refractivity contribution in [3.8, 4) is 10.6 Å². The van der Waals surface area contributed by atoms with Gasteiger partial charge >= 0.3 is 0 Å². The highest BCUT2D eigenvalue weighted by atomic mass is 32.1. The second kappa shape index (κ2) is 5.55. The Bertz CT molecular complexity index is 365. The van der Waals surface area contributed by atoms with E-state index in [-0.39, 0.29) is 0 Å². The van der Waals surface area contributed by atoms with Gasteiger partial charge in [0.2, 0.25) is 0 Å². The van der Waals surface area contributed by atoms with E-state index in [0.29, 0.717) is 0 Å². The number of aryl methyl sites for hydroxylation is 1. The van der Waals surface area contributed by atoms with Gasteiger partial charge in [0.15, 0.2) is 0 Å². The Morgan fingerprint density at radius 2 is 1.71 bits per heavy atom. The van der Waals surface area contributed by atoms with Crippen LogP contribution >= 0.6 is 11.3 Å². The Morgan fingerprint density at radius 1 is 1.07 bits per heavy atom. The van der Waals surface area contributed by atoms with Gasteiger partial charge in [0.05, 0.1) is 0 Å². The molecular weight excluding hydrogens is 190 g/mol. The Morgan fingerprint density at radius 3 is 2.21 bits per heavy atom. The summed E-state index contributed by atoms with van der Waals surface area (Å²) in [5.74, 6) is 0. The third kappa shape index (κ3) is 2.67. The smallest absolute Gasteiger partial charge is 0.123 e. The third-order valence-corrected chi connectivity index (χ3v) is 2.60. The van der Waals surface area contributed by atoms with Gasteiger partial charge in [-0.05, 0) is 6.92 Å². The summed E-state index contributed by atoms with van der Waals surface area (Å²) in [6, 6.07) is 10.2. The zero-order chi connectivity index (χ0) is 10.4. The molecule has 74 valence electrons. The predicted octanol–water partition coefficient (Wildman–Crippen LogP) is 4.14. The molecule has 0 aliphatic rings. The predicted molar refractivity (Wildman–Crippen MR) is 63.6 cm³/mol. The number of aromatic nitrogens is 1. The molecule has 0 bridgehead atoms. The lowest BCUT2D eigenvalue weighted by Crippen LogP contribution is -1.71. The second-order valence-electron chi connectivity index (χ2n) is 2.64. The van der Waals surface area contributed by atoms with E-state index in [1.807, 2.05) is 38.2 Å². The van der Waals surface area contributed by atoms with E-state index in [9.17, 15) is 0 Å². The summed E-state index contributed by atoms with van der Waals surface area (Å²) in [4.78, 5) is 5.56. The number of hydrogen-bond acceptors (Lipinski definition) is 2. The van der Waals surface area contributed by atoms with Crippen LogP contribution in [0.2, 0.25) is 0 Å². The molecule has 0 unspecified atom stereocenters. The maximum Gasteiger partial charge on any atom is 0.123 e. The molecule has 0 aliphatic heterocycles. The fraction of sp³-hybridized carbons (Fsp3) is 0.250. The first-order chi connectivity index (χ1) is 6.86. The van der Waals surface area contributed by atoms with Gasteiger partial charge in [-0.2, -0.15) is 0 Å². The first kappa shape index (κ1) is 10.9. The van der Waals surface area contributed by atoms with Crippen LogP contribution < -0.4 is 0 Å². The minimum absolute atomic E-state index is 1.10. The molecule has 0 aliphatic carbocycles. The van der Waals surface area contributed by atoms with E-state index in [2.05, 4.69) is 24.0 Å². The van der Waals surface area contributed by atoms with Crippen LogP contribution in [0.4, 0.5) is 0 Å². The molecule has 1 aromatic heterocycles. The summed E-state index contributed by atoms with van der Waals surface area (Å²) in [6.07, 6.45) is 1.91. The Labute approximate surface area is 89.4 Å². The van der Waals surface area contributed by atoms with Gasteiger partial charge in [0.25, 0.3) is 0 Å². The average molecular weight is 205 g/mol. The number of hydrogen-bond donors (Lipinski definition) is 0. The summed E-state index contributed by atoms with van der Waals surface area (Å²) in [5, 5.41) is 1.10. The lowest BCUT2D eigenvalue weighted by molar-refractivity contribution is 1.38. The molecule has 0 N–H and O–H groups in total. The van der Waals surface area contributed by atoms with Gasteiger partial charge in [0.1, 0.15) is 5.01 Å². The van der Waals surface area contributed by atoms with Gasteiger partial charge in [0, 0.05) is 16.6 Å². The van der Waals surface area contributed by atoms with E-state index in [1.54, 1.807) is 11.3 Å². The number of rotatable bonds is 1. The Hall–Kier alpha value is -1.15. The van der Waals surface area contributed by atoms with Crippen molar-refractivity contribution in [2.45, 2.75) is 20.8 Å². The van der Waals surface area contributed by atoms with Gasteiger partial charge in [-0.1, -0.05) is 44.2 Å². The molecule has 0 saturated carbocycles. The van der Waals surface area contributed by atoms with Crippen LogP contribution in [0.3, 0.4) is 0 Å². The molecule has 2 aromatic rings. The van der Waals surface area contributed by atoms with Crippen LogP contribution in [0.1, 0.15) is 18.7 Å². The standard InChI is InChI=1S/C10H9NS.C2H6/c1-8-7-11-10(12-8)9-5-3-2-4-6-9;1-2/h2-7H,1H3;1-2H3. The highest BCUT2D eigenvalue weighted by molar-refractivity contribution is 7.14. The monoisotopic (exact) mass is 205 g/mol. The number of nitrogens with zero attached hydrogens (tertiary/aromatic N) is 1. The summed E-state index contributed by atoms with van der Waals surface area (Å²) in [7, 11) is 0. The van der Waals surface area contributed by atoms with E-state index in [0.717, 1.165) is 5.01 Å². The van der Waals surface area contributed by atoms with E-state index in [4.69, 9.17) is 0 Å². The summed E-state index contributed by atoms with van der Waals surface area (Å²) in [6.45, 7) is 6.07. The third-order valence-electron chi connectivity index (χ3n) is 1.64. The molecule has 0 saturated heterocycles. The molecule has 0 fully saturated rings. The van der Waals surface area contributed by atoms with Gasteiger partial charge in [-0.25, -0.2) is 4.98 Å². The van der Waals surface area contributed by atoms with Crippen LogP contribution in [-0.4, -0.2) is 4.98 Å². The highest BCUT2D eigenvalue weighted by Crippen LogP contribution is 2.23. The van der Waals surface area contributed by atoms with Crippen LogP contribution in [0.25, 0.3) is 10.6 Å². The van der Waals surface area contributed by atoms with Crippen molar-refractivity contribution >= 4 is 11.3 Å². The van der Waals surface area contributed by atoms with Crippen molar-refractivity contribution in [3.63, 3.8) is 0 Å². The van der Waals surface area contributed by atoms with Crippen molar-refractivity contribution < 1.29 is 0 Å². The van der Waals surface area contributed by atoms with Crippen LogP contribution in [-0.2, 0) is 0 Å².